The van der Waals surface area contributed by atoms with Crippen LogP contribution < -0.4 is 10.1 Å². The van der Waals surface area contributed by atoms with E-state index in [2.05, 4.69) is 53.3 Å². The Kier molecular flexibility index (Phi) is 8.95. The monoisotopic (exact) mass is 341 g/mol. The van der Waals surface area contributed by atoms with Crippen molar-refractivity contribution in [1.29, 1.82) is 0 Å². The second kappa shape index (κ2) is 10.2. The number of ether oxygens (including phenoxy) is 1. The molecule has 2 nitrogen and oxygen atoms in total. The minimum absolute atomic E-state index is 0.389. The van der Waals surface area contributed by atoms with Crippen molar-refractivity contribution in [2.75, 3.05) is 13.2 Å². The number of benzene rings is 1. The van der Waals surface area contributed by atoms with E-state index in [9.17, 15) is 0 Å². The third-order valence-electron chi connectivity index (χ3n) is 3.38. The average Bonchev–Trinajstić information content (AvgIpc) is 2.45. The molecule has 0 radical (unpaired) electrons. The Hall–Kier alpha value is -0.540. The lowest BCUT2D eigenvalue weighted by Crippen LogP contribution is -2.23. The van der Waals surface area contributed by atoms with Crippen LogP contribution in [-0.4, -0.2) is 13.2 Å². The van der Waals surface area contributed by atoms with Crippen LogP contribution in [0.2, 0.25) is 0 Å². The van der Waals surface area contributed by atoms with Gasteiger partial charge < -0.3 is 10.1 Å². The Bertz CT molecular complexity index is 381. The highest BCUT2D eigenvalue weighted by atomic mass is 79.9. The summed E-state index contributed by atoms with van der Waals surface area (Å²) in [4.78, 5) is 0. The molecule has 0 heterocycles. The van der Waals surface area contributed by atoms with Crippen LogP contribution >= 0.6 is 15.9 Å². The first-order valence-corrected chi connectivity index (χ1v) is 8.67. The summed E-state index contributed by atoms with van der Waals surface area (Å²) < 4.78 is 6.92. The third kappa shape index (κ3) is 5.84. The average molecular weight is 342 g/mol. The second-order valence-corrected chi connectivity index (χ2v) is 6.03. The first kappa shape index (κ1) is 17.5. The number of rotatable bonds is 10. The van der Waals surface area contributed by atoms with Crippen molar-refractivity contribution in [2.24, 2.45) is 0 Å². The molecule has 0 aliphatic heterocycles. The van der Waals surface area contributed by atoms with Crippen LogP contribution in [0.15, 0.2) is 22.7 Å². The molecule has 1 unspecified atom stereocenters. The summed E-state index contributed by atoms with van der Waals surface area (Å²) in [5.41, 5.74) is 1.28. The van der Waals surface area contributed by atoms with Crippen molar-refractivity contribution < 1.29 is 4.74 Å². The minimum atomic E-state index is 0.389. The van der Waals surface area contributed by atoms with Gasteiger partial charge in [0.25, 0.3) is 0 Å². The minimum Gasteiger partial charge on any atom is -0.494 e. The van der Waals surface area contributed by atoms with Gasteiger partial charge in [0.2, 0.25) is 0 Å². The van der Waals surface area contributed by atoms with Crippen molar-refractivity contribution in [1.82, 2.24) is 5.32 Å². The Morgan fingerprint density at radius 3 is 2.60 bits per heavy atom. The second-order valence-electron chi connectivity index (χ2n) is 5.12. The summed E-state index contributed by atoms with van der Waals surface area (Å²) in [7, 11) is 0. The largest absolute Gasteiger partial charge is 0.494 e. The molecule has 0 fully saturated rings. The van der Waals surface area contributed by atoms with Crippen LogP contribution in [0.5, 0.6) is 5.75 Å². The Morgan fingerprint density at radius 2 is 1.95 bits per heavy atom. The highest BCUT2D eigenvalue weighted by Crippen LogP contribution is 2.31. The van der Waals surface area contributed by atoms with Gasteiger partial charge in [0.05, 0.1) is 6.61 Å². The maximum absolute atomic E-state index is 5.80. The fourth-order valence-corrected chi connectivity index (χ4v) is 2.74. The number of unbranched alkanes of at least 4 members (excludes halogenated alkanes) is 2. The molecule has 3 heteroatoms. The molecular weight excluding hydrogens is 314 g/mol. The highest BCUT2D eigenvalue weighted by Gasteiger charge is 2.16. The fourth-order valence-electron chi connectivity index (χ4n) is 2.36. The van der Waals surface area contributed by atoms with E-state index in [4.69, 9.17) is 4.74 Å². The standard InChI is InChI=1S/C17H28BrNO/c1-4-7-8-9-16(19-12-5-2)15-13-14(18)10-11-17(15)20-6-3/h10-11,13,16,19H,4-9,12H2,1-3H3. The molecule has 0 saturated heterocycles. The first-order chi connectivity index (χ1) is 9.72. The van der Waals surface area contributed by atoms with Crippen molar-refractivity contribution in [3.63, 3.8) is 0 Å². The van der Waals surface area contributed by atoms with Gasteiger partial charge in [0.1, 0.15) is 5.75 Å². The fraction of sp³-hybridized carbons (Fsp3) is 0.647. The van der Waals surface area contributed by atoms with Gasteiger partial charge in [-0.05, 0) is 44.5 Å². The molecule has 0 amide bonds. The van der Waals surface area contributed by atoms with E-state index in [-0.39, 0.29) is 0 Å². The molecule has 1 aromatic rings. The summed E-state index contributed by atoms with van der Waals surface area (Å²) in [5, 5.41) is 3.67. The zero-order valence-corrected chi connectivity index (χ0v) is 14.6. The maximum Gasteiger partial charge on any atom is 0.124 e. The first-order valence-electron chi connectivity index (χ1n) is 7.88. The zero-order chi connectivity index (χ0) is 14.8. The molecule has 1 atom stereocenters. The van der Waals surface area contributed by atoms with E-state index in [1.165, 1.54) is 31.2 Å². The van der Waals surface area contributed by atoms with Crippen LogP contribution in [0.25, 0.3) is 0 Å². The maximum atomic E-state index is 5.80. The molecule has 0 aliphatic carbocycles. The summed E-state index contributed by atoms with van der Waals surface area (Å²) >= 11 is 3.58. The van der Waals surface area contributed by atoms with E-state index in [1.807, 2.05) is 6.92 Å². The number of hydrogen-bond acceptors (Lipinski definition) is 2. The van der Waals surface area contributed by atoms with Crippen LogP contribution in [0.4, 0.5) is 0 Å². The van der Waals surface area contributed by atoms with E-state index in [1.54, 1.807) is 0 Å². The molecule has 0 aliphatic rings. The predicted molar refractivity (Wildman–Crippen MR) is 90.5 cm³/mol. The number of hydrogen-bond donors (Lipinski definition) is 1. The molecule has 0 saturated carbocycles. The SMILES string of the molecule is CCCCCC(NCCC)c1cc(Br)ccc1OCC. The van der Waals surface area contributed by atoms with Crippen molar-refractivity contribution in [3.8, 4) is 5.75 Å². The van der Waals surface area contributed by atoms with Crippen molar-refractivity contribution >= 4 is 15.9 Å². The van der Waals surface area contributed by atoms with Gasteiger partial charge in [-0.25, -0.2) is 0 Å². The molecular formula is C17H28BrNO. The summed E-state index contributed by atoms with van der Waals surface area (Å²) in [6.45, 7) is 8.26. The quantitative estimate of drug-likeness (QED) is 0.569. The lowest BCUT2D eigenvalue weighted by molar-refractivity contribution is 0.329. The Balaban J connectivity index is 2.88. The van der Waals surface area contributed by atoms with Crippen LogP contribution in [-0.2, 0) is 0 Å². The number of halogens is 1. The smallest absolute Gasteiger partial charge is 0.124 e. The van der Waals surface area contributed by atoms with Crippen molar-refractivity contribution in [2.45, 2.75) is 58.9 Å². The molecule has 0 aromatic heterocycles. The summed E-state index contributed by atoms with van der Waals surface area (Å²) in [5.74, 6) is 1.01. The van der Waals surface area contributed by atoms with Gasteiger partial charge in [-0.15, -0.1) is 0 Å². The van der Waals surface area contributed by atoms with Gasteiger partial charge in [-0.1, -0.05) is 49.0 Å². The number of nitrogens with one attached hydrogen (secondary N) is 1. The zero-order valence-electron chi connectivity index (χ0n) is 13.0. The van der Waals surface area contributed by atoms with Crippen molar-refractivity contribution in [3.05, 3.63) is 28.2 Å². The molecule has 114 valence electrons. The Labute approximate surface area is 132 Å². The van der Waals surface area contributed by atoms with Crippen LogP contribution in [0.3, 0.4) is 0 Å². The molecule has 1 rings (SSSR count). The predicted octanol–water partition coefficient (Wildman–Crippen LogP) is 5.47. The normalized spacial score (nSPS) is 12.4. The topological polar surface area (TPSA) is 21.3 Å². The van der Waals surface area contributed by atoms with E-state index < -0.39 is 0 Å². The van der Waals surface area contributed by atoms with E-state index in [0.717, 1.165) is 23.2 Å². The molecule has 0 spiro atoms. The molecule has 0 bridgehead atoms. The van der Waals surface area contributed by atoms with E-state index >= 15 is 0 Å². The lowest BCUT2D eigenvalue weighted by Gasteiger charge is -2.22. The van der Waals surface area contributed by atoms with Gasteiger partial charge in [-0.2, -0.15) is 0 Å². The molecule has 20 heavy (non-hydrogen) atoms. The van der Waals surface area contributed by atoms with Gasteiger partial charge in [0, 0.05) is 16.1 Å². The molecule has 1 N–H and O–H groups in total. The lowest BCUT2D eigenvalue weighted by atomic mass is 9.99. The van der Waals surface area contributed by atoms with Gasteiger partial charge in [-0.3, -0.25) is 0 Å². The summed E-state index contributed by atoms with van der Waals surface area (Å²) in [6, 6.07) is 6.71. The molecule has 1 aromatic carbocycles. The van der Waals surface area contributed by atoms with Crippen LogP contribution in [0.1, 0.15) is 64.5 Å². The highest BCUT2D eigenvalue weighted by molar-refractivity contribution is 9.10. The van der Waals surface area contributed by atoms with E-state index in [0.29, 0.717) is 12.6 Å². The van der Waals surface area contributed by atoms with Gasteiger partial charge >= 0.3 is 0 Å². The third-order valence-corrected chi connectivity index (χ3v) is 3.88. The van der Waals surface area contributed by atoms with Gasteiger partial charge in [0.15, 0.2) is 0 Å². The Morgan fingerprint density at radius 1 is 1.15 bits per heavy atom. The summed E-state index contributed by atoms with van der Waals surface area (Å²) in [6.07, 6.45) is 6.14. The van der Waals surface area contributed by atoms with Crippen LogP contribution in [0, 0.1) is 0 Å².